The molecule has 3 aliphatic heterocycles. The van der Waals surface area contributed by atoms with Crippen LogP contribution in [0.3, 0.4) is 0 Å². The molecule has 4 fully saturated rings. The van der Waals surface area contributed by atoms with Gasteiger partial charge in [-0.05, 0) is 46.0 Å². The summed E-state index contributed by atoms with van der Waals surface area (Å²) in [4.78, 5) is 92.0. The van der Waals surface area contributed by atoms with Gasteiger partial charge in [0.1, 0.15) is 5.60 Å². The van der Waals surface area contributed by atoms with Crippen molar-refractivity contribution in [3.63, 3.8) is 0 Å². The topological polar surface area (TPSA) is 172 Å². The van der Waals surface area contributed by atoms with Crippen LogP contribution in [0.25, 0.3) is 0 Å². The average molecular weight is 662 g/mol. The molecule has 3 saturated heterocycles. The number of carbonyl (C=O) groups is 7. The lowest BCUT2D eigenvalue weighted by Gasteiger charge is -2.31. The van der Waals surface area contributed by atoms with Crippen molar-refractivity contribution < 1.29 is 43.0 Å². The standard InChI is InChI=1S/C33H51N5O9/c1-33(2,3)47-32(45)22-7-5-6-21(14-22)8-11-36-18-23(15-26(36)39)29(42)34-9-12-37-19-24(16-27(37)40)30(43)35-10-13-38-20-25(17-28(38)41)31(44)46-4/h21-25H,5-20H2,1-4H3,(H,34,42)(H,35,43). The van der Waals surface area contributed by atoms with Crippen LogP contribution >= 0.6 is 0 Å². The van der Waals surface area contributed by atoms with E-state index in [9.17, 15) is 33.6 Å². The normalized spacial score (nSPS) is 26.5. The molecule has 1 saturated carbocycles. The van der Waals surface area contributed by atoms with Gasteiger partial charge in [0.25, 0.3) is 0 Å². The molecule has 0 bridgehead atoms. The smallest absolute Gasteiger partial charge is 0.310 e. The van der Waals surface area contributed by atoms with Crippen LogP contribution in [0.4, 0.5) is 0 Å². The SMILES string of the molecule is COC(=O)C1CC(=O)N(CCNC(=O)C2CC(=O)N(CCNC(=O)C3CC(=O)N(CCC4CCCC(C(=O)OC(C)(C)C)C4)C3)C2)C1. The van der Waals surface area contributed by atoms with Gasteiger partial charge in [0, 0.05) is 71.6 Å². The van der Waals surface area contributed by atoms with Crippen molar-refractivity contribution in [1.29, 1.82) is 0 Å². The van der Waals surface area contributed by atoms with Crippen LogP contribution < -0.4 is 10.6 Å². The molecule has 4 aliphatic rings. The lowest BCUT2D eigenvalue weighted by atomic mass is 9.79. The van der Waals surface area contributed by atoms with Crippen molar-refractivity contribution in [2.24, 2.45) is 29.6 Å². The summed E-state index contributed by atoms with van der Waals surface area (Å²) in [6.45, 7) is 7.97. The highest BCUT2D eigenvalue weighted by Crippen LogP contribution is 2.33. The number of hydrogen-bond acceptors (Lipinski definition) is 9. The lowest BCUT2D eigenvalue weighted by molar-refractivity contribution is -0.162. The summed E-state index contributed by atoms with van der Waals surface area (Å²) in [5.74, 6) is -2.71. The molecule has 0 aromatic rings. The number of nitrogens with zero attached hydrogens (tertiary/aromatic N) is 3. The number of methoxy groups -OCH3 is 1. The van der Waals surface area contributed by atoms with Crippen molar-refractivity contribution in [1.82, 2.24) is 25.3 Å². The molecule has 5 amide bonds. The number of esters is 2. The summed E-state index contributed by atoms with van der Waals surface area (Å²) in [5.41, 5.74) is -0.511. The van der Waals surface area contributed by atoms with Gasteiger partial charge in [0.15, 0.2) is 0 Å². The zero-order chi connectivity index (χ0) is 34.3. The van der Waals surface area contributed by atoms with Crippen molar-refractivity contribution >= 4 is 41.5 Å². The van der Waals surface area contributed by atoms with Gasteiger partial charge >= 0.3 is 11.9 Å². The predicted octanol–water partition coefficient (Wildman–Crippen LogP) is 0.476. The largest absolute Gasteiger partial charge is 0.469 e. The Labute approximate surface area is 276 Å². The molecule has 4 rings (SSSR count). The maximum absolute atomic E-state index is 12.9. The zero-order valence-corrected chi connectivity index (χ0v) is 28.2. The third-order valence-electron chi connectivity index (χ3n) is 9.61. The van der Waals surface area contributed by atoms with Crippen LogP contribution in [-0.4, -0.2) is 121 Å². The molecule has 5 unspecified atom stereocenters. The highest BCUT2D eigenvalue weighted by Gasteiger charge is 2.38. The Bertz CT molecular complexity index is 1220. The van der Waals surface area contributed by atoms with Crippen LogP contribution in [0, 0.1) is 29.6 Å². The van der Waals surface area contributed by atoms with Gasteiger partial charge in [0.2, 0.25) is 29.5 Å². The Morgan fingerprint density at radius 3 is 1.70 bits per heavy atom. The predicted molar refractivity (Wildman–Crippen MR) is 168 cm³/mol. The van der Waals surface area contributed by atoms with E-state index in [1.54, 1.807) is 9.80 Å². The lowest BCUT2D eigenvalue weighted by Crippen LogP contribution is -2.40. The first kappa shape index (κ1) is 36.1. The van der Waals surface area contributed by atoms with Gasteiger partial charge in [-0.15, -0.1) is 0 Å². The fraction of sp³-hybridized carbons (Fsp3) is 0.788. The molecule has 0 spiro atoms. The summed E-state index contributed by atoms with van der Waals surface area (Å²) < 4.78 is 10.3. The maximum Gasteiger partial charge on any atom is 0.310 e. The van der Waals surface area contributed by atoms with E-state index in [2.05, 4.69) is 10.6 Å². The number of carbonyl (C=O) groups excluding carboxylic acids is 7. The molecule has 0 aromatic heterocycles. The molecule has 14 heteroatoms. The molecule has 1 aliphatic carbocycles. The first-order valence-corrected chi connectivity index (χ1v) is 16.9. The summed E-state index contributed by atoms with van der Waals surface area (Å²) >= 11 is 0. The fourth-order valence-electron chi connectivity index (χ4n) is 7.05. The second-order valence-electron chi connectivity index (χ2n) is 14.4. The van der Waals surface area contributed by atoms with E-state index in [4.69, 9.17) is 9.47 Å². The number of amides is 5. The average Bonchev–Trinajstić information content (AvgIpc) is 3.71. The highest BCUT2D eigenvalue weighted by atomic mass is 16.6. The van der Waals surface area contributed by atoms with E-state index in [0.29, 0.717) is 19.0 Å². The van der Waals surface area contributed by atoms with E-state index in [0.717, 1.165) is 32.1 Å². The Kier molecular flexibility index (Phi) is 12.2. The molecule has 14 nitrogen and oxygen atoms in total. The zero-order valence-electron chi connectivity index (χ0n) is 28.2. The molecule has 0 radical (unpaired) electrons. The Balaban J connectivity index is 1.11. The second kappa shape index (κ2) is 15.9. The number of rotatable bonds is 13. The quantitative estimate of drug-likeness (QED) is 0.266. The first-order valence-electron chi connectivity index (χ1n) is 16.9. The minimum Gasteiger partial charge on any atom is -0.469 e. The third kappa shape index (κ3) is 10.1. The molecule has 47 heavy (non-hydrogen) atoms. The summed E-state index contributed by atoms with van der Waals surface area (Å²) in [6.07, 6.45) is 4.66. The van der Waals surface area contributed by atoms with Gasteiger partial charge in [-0.2, -0.15) is 0 Å². The molecular weight excluding hydrogens is 610 g/mol. The van der Waals surface area contributed by atoms with Crippen LogP contribution in [-0.2, 0) is 43.0 Å². The first-order chi connectivity index (χ1) is 22.2. The Morgan fingerprint density at radius 1 is 0.702 bits per heavy atom. The highest BCUT2D eigenvalue weighted by molar-refractivity contribution is 5.90. The van der Waals surface area contributed by atoms with Gasteiger partial charge in [-0.25, -0.2) is 0 Å². The fourth-order valence-corrected chi connectivity index (χ4v) is 7.05. The van der Waals surface area contributed by atoms with Gasteiger partial charge in [0.05, 0.1) is 30.8 Å². The van der Waals surface area contributed by atoms with Gasteiger partial charge < -0.3 is 34.8 Å². The van der Waals surface area contributed by atoms with Crippen LogP contribution in [0.15, 0.2) is 0 Å². The van der Waals surface area contributed by atoms with Crippen molar-refractivity contribution in [3.05, 3.63) is 0 Å². The number of ether oxygens (including phenoxy) is 2. The minimum absolute atomic E-state index is 0.0504. The van der Waals surface area contributed by atoms with Crippen molar-refractivity contribution in [2.75, 3.05) is 59.5 Å². The number of nitrogens with one attached hydrogen (secondary N) is 2. The molecule has 262 valence electrons. The monoisotopic (exact) mass is 661 g/mol. The van der Waals surface area contributed by atoms with E-state index >= 15 is 0 Å². The Morgan fingerprint density at radius 2 is 1.19 bits per heavy atom. The molecule has 2 N–H and O–H groups in total. The molecule has 0 aromatic carbocycles. The van der Waals surface area contributed by atoms with E-state index in [1.807, 2.05) is 20.8 Å². The number of likely N-dealkylation sites (tertiary alicyclic amines) is 3. The van der Waals surface area contributed by atoms with Crippen molar-refractivity contribution in [2.45, 2.75) is 77.7 Å². The number of hydrogen-bond donors (Lipinski definition) is 2. The maximum atomic E-state index is 12.9. The van der Waals surface area contributed by atoms with E-state index in [-0.39, 0.29) is 100.0 Å². The molecular formula is C33H51N5O9. The molecule has 3 heterocycles. The van der Waals surface area contributed by atoms with Gasteiger partial charge in [-0.3, -0.25) is 33.6 Å². The Hall–Kier alpha value is -3.71. The van der Waals surface area contributed by atoms with Crippen LogP contribution in [0.1, 0.15) is 72.1 Å². The third-order valence-corrected chi connectivity index (χ3v) is 9.61. The van der Waals surface area contributed by atoms with Crippen LogP contribution in [0.5, 0.6) is 0 Å². The van der Waals surface area contributed by atoms with E-state index in [1.165, 1.54) is 12.0 Å². The van der Waals surface area contributed by atoms with Crippen molar-refractivity contribution in [3.8, 4) is 0 Å². The summed E-state index contributed by atoms with van der Waals surface area (Å²) in [7, 11) is 1.28. The summed E-state index contributed by atoms with van der Waals surface area (Å²) in [5, 5.41) is 5.63. The van der Waals surface area contributed by atoms with E-state index < -0.39 is 29.3 Å². The molecule has 5 atom stereocenters. The minimum atomic E-state index is -0.528. The summed E-state index contributed by atoms with van der Waals surface area (Å²) in [6, 6.07) is 0. The second-order valence-corrected chi connectivity index (χ2v) is 14.4. The van der Waals surface area contributed by atoms with Crippen LogP contribution in [0.2, 0.25) is 0 Å². The van der Waals surface area contributed by atoms with Gasteiger partial charge in [-0.1, -0.05) is 12.8 Å².